The molecule has 2 N–H and O–H groups in total. The molecule has 1 aromatic heterocycles. The molecule has 0 unspecified atom stereocenters. The molecule has 0 aliphatic carbocycles. The molecular weight excluding hydrogens is 308 g/mol. The van der Waals surface area contributed by atoms with Crippen LogP contribution < -0.4 is 5.56 Å². The molecule has 2 rings (SSSR count). The highest BCUT2D eigenvalue weighted by molar-refractivity contribution is 5.94. The predicted molar refractivity (Wildman–Crippen MR) is 89.9 cm³/mol. The number of H-pyrrole nitrogens is 1. The summed E-state index contributed by atoms with van der Waals surface area (Å²) in [5.74, 6) is -0.460. The number of hydrogen-bond acceptors (Lipinski definition) is 5. The Kier molecular flexibility index (Phi) is 4.80. The van der Waals surface area contributed by atoms with E-state index in [0.717, 1.165) is 0 Å². The van der Waals surface area contributed by atoms with Crippen LogP contribution in [0.3, 0.4) is 0 Å². The first-order valence-electron chi connectivity index (χ1n) is 7.07. The Bertz CT molecular complexity index is 903. The third-order valence-electron chi connectivity index (χ3n) is 3.47. The van der Waals surface area contributed by atoms with Crippen molar-refractivity contribution >= 4 is 17.8 Å². The molecule has 1 amide bonds. The zero-order valence-electron chi connectivity index (χ0n) is 13.5. The lowest BCUT2D eigenvalue weighted by Crippen LogP contribution is -2.21. The number of aromatic hydroxyl groups is 1. The molecule has 0 atom stereocenters. The standard InChI is InChI=1S/C17H16N4O3/c1-10-13(8-18)15(22)20-16(23)14(10)9-19-12-6-4-11(5-7-12)17(24)21(2)3/h4-7,9H,1-3H3,(H2,20,22,23). The van der Waals surface area contributed by atoms with Crippen LogP contribution in [0.4, 0.5) is 5.69 Å². The molecule has 7 nitrogen and oxygen atoms in total. The van der Waals surface area contributed by atoms with Crippen LogP contribution in [0.5, 0.6) is 5.88 Å². The summed E-state index contributed by atoms with van der Waals surface area (Å²) in [5.41, 5.74) is 1.00. The highest BCUT2D eigenvalue weighted by Crippen LogP contribution is 2.19. The highest BCUT2D eigenvalue weighted by atomic mass is 16.3. The number of hydrogen-bond donors (Lipinski definition) is 2. The van der Waals surface area contributed by atoms with E-state index in [1.807, 2.05) is 0 Å². The summed E-state index contributed by atoms with van der Waals surface area (Å²) < 4.78 is 0. The monoisotopic (exact) mass is 324 g/mol. The number of nitrogens with zero attached hydrogens (tertiary/aromatic N) is 3. The van der Waals surface area contributed by atoms with E-state index in [-0.39, 0.29) is 22.9 Å². The highest BCUT2D eigenvalue weighted by Gasteiger charge is 2.12. The van der Waals surface area contributed by atoms with Gasteiger partial charge < -0.3 is 10.0 Å². The van der Waals surface area contributed by atoms with Crippen molar-refractivity contribution in [2.45, 2.75) is 6.92 Å². The summed E-state index contributed by atoms with van der Waals surface area (Å²) in [7, 11) is 3.34. The van der Waals surface area contributed by atoms with Crippen molar-refractivity contribution in [2.24, 2.45) is 4.99 Å². The van der Waals surface area contributed by atoms with Gasteiger partial charge in [0.15, 0.2) is 0 Å². The topological polar surface area (TPSA) is 110 Å². The lowest BCUT2D eigenvalue weighted by molar-refractivity contribution is 0.0827. The van der Waals surface area contributed by atoms with Gasteiger partial charge in [0.05, 0.1) is 11.3 Å². The number of nitrogens with one attached hydrogen (secondary N) is 1. The average Bonchev–Trinajstić information content (AvgIpc) is 2.54. The van der Waals surface area contributed by atoms with E-state index in [9.17, 15) is 14.7 Å². The van der Waals surface area contributed by atoms with Crippen LogP contribution >= 0.6 is 0 Å². The Labute approximate surface area is 138 Å². The SMILES string of the molecule is Cc1c(C=Nc2ccc(C(=O)N(C)C)cc2)c(O)[nH]c(=O)c1C#N. The van der Waals surface area contributed by atoms with E-state index in [0.29, 0.717) is 16.8 Å². The van der Waals surface area contributed by atoms with Crippen molar-refractivity contribution in [3.63, 3.8) is 0 Å². The third kappa shape index (κ3) is 3.33. The zero-order valence-corrected chi connectivity index (χ0v) is 13.5. The van der Waals surface area contributed by atoms with Crippen molar-refractivity contribution in [1.29, 1.82) is 5.26 Å². The van der Waals surface area contributed by atoms with E-state index in [1.54, 1.807) is 51.4 Å². The number of nitriles is 1. The molecule has 0 saturated heterocycles. The number of aromatic amines is 1. The fourth-order valence-electron chi connectivity index (χ4n) is 2.10. The van der Waals surface area contributed by atoms with Crippen LogP contribution in [0.1, 0.15) is 27.0 Å². The van der Waals surface area contributed by atoms with Gasteiger partial charge in [0, 0.05) is 25.9 Å². The second-order valence-corrected chi connectivity index (χ2v) is 5.33. The minimum Gasteiger partial charge on any atom is -0.494 e. The average molecular weight is 324 g/mol. The van der Waals surface area contributed by atoms with Gasteiger partial charge in [-0.2, -0.15) is 5.26 Å². The molecule has 0 radical (unpaired) electrons. The van der Waals surface area contributed by atoms with Gasteiger partial charge in [0.1, 0.15) is 11.6 Å². The van der Waals surface area contributed by atoms with Crippen LogP contribution in [0, 0.1) is 18.3 Å². The van der Waals surface area contributed by atoms with Gasteiger partial charge >= 0.3 is 0 Å². The smallest absolute Gasteiger partial charge is 0.268 e. The second kappa shape index (κ2) is 6.79. The van der Waals surface area contributed by atoms with Crippen molar-refractivity contribution in [1.82, 2.24) is 9.88 Å². The number of amides is 1. The lowest BCUT2D eigenvalue weighted by Gasteiger charge is -2.09. The molecule has 1 aromatic carbocycles. The summed E-state index contributed by atoms with van der Waals surface area (Å²) in [6.45, 7) is 1.56. The molecule has 0 spiro atoms. The Hall–Kier alpha value is -3.40. The van der Waals surface area contributed by atoms with Crippen molar-refractivity contribution in [3.05, 3.63) is 56.9 Å². The van der Waals surface area contributed by atoms with E-state index in [2.05, 4.69) is 9.98 Å². The third-order valence-corrected chi connectivity index (χ3v) is 3.47. The maximum atomic E-state index is 11.8. The molecule has 1 heterocycles. The van der Waals surface area contributed by atoms with Gasteiger partial charge in [-0.3, -0.25) is 19.6 Å². The molecule has 7 heteroatoms. The molecule has 24 heavy (non-hydrogen) atoms. The molecule has 2 aromatic rings. The van der Waals surface area contributed by atoms with E-state index < -0.39 is 5.56 Å². The van der Waals surface area contributed by atoms with Crippen molar-refractivity contribution in [3.8, 4) is 11.9 Å². The Morgan fingerprint density at radius 2 is 1.96 bits per heavy atom. The van der Waals surface area contributed by atoms with Gasteiger partial charge in [-0.05, 0) is 36.8 Å². The fourth-order valence-corrected chi connectivity index (χ4v) is 2.10. The van der Waals surface area contributed by atoms with E-state index in [1.165, 1.54) is 11.1 Å². The normalized spacial score (nSPS) is 10.6. The zero-order chi connectivity index (χ0) is 17.9. The van der Waals surface area contributed by atoms with Gasteiger partial charge in [0.25, 0.3) is 11.5 Å². The Morgan fingerprint density at radius 1 is 1.33 bits per heavy atom. The summed E-state index contributed by atoms with van der Waals surface area (Å²) in [5, 5.41) is 18.8. The van der Waals surface area contributed by atoms with Crippen LogP contribution in [0.25, 0.3) is 0 Å². The van der Waals surface area contributed by atoms with Crippen molar-refractivity contribution < 1.29 is 9.90 Å². The number of pyridine rings is 1. The van der Waals surface area contributed by atoms with Gasteiger partial charge in [0.2, 0.25) is 5.88 Å². The largest absolute Gasteiger partial charge is 0.494 e. The number of carbonyl (C=O) groups excluding carboxylic acids is 1. The molecule has 0 aliphatic heterocycles. The minimum atomic E-state index is -0.642. The van der Waals surface area contributed by atoms with Crippen LogP contribution in [-0.2, 0) is 0 Å². The quantitative estimate of drug-likeness (QED) is 0.837. The number of rotatable bonds is 3. The second-order valence-electron chi connectivity index (χ2n) is 5.33. The van der Waals surface area contributed by atoms with Crippen LogP contribution in [0.15, 0.2) is 34.1 Å². The first kappa shape index (κ1) is 17.0. The summed E-state index contributed by atoms with van der Waals surface area (Å²) >= 11 is 0. The van der Waals surface area contributed by atoms with E-state index in [4.69, 9.17) is 5.26 Å². The number of carbonyl (C=O) groups is 1. The molecule has 0 bridgehead atoms. The van der Waals surface area contributed by atoms with Gasteiger partial charge in [-0.15, -0.1) is 0 Å². The molecular formula is C17H16N4O3. The first-order valence-corrected chi connectivity index (χ1v) is 7.07. The minimum absolute atomic E-state index is 0.0684. The summed E-state index contributed by atoms with van der Waals surface area (Å²) in [4.78, 5) is 31.3. The Balaban J connectivity index is 2.34. The molecule has 0 saturated carbocycles. The summed E-state index contributed by atoms with van der Waals surface area (Å²) in [6, 6.07) is 8.42. The van der Waals surface area contributed by atoms with Crippen LogP contribution in [0.2, 0.25) is 0 Å². The lowest BCUT2D eigenvalue weighted by atomic mass is 10.1. The Morgan fingerprint density at radius 3 is 2.50 bits per heavy atom. The maximum absolute atomic E-state index is 11.8. The number of aliphatic imine (C=N–C) groups is 1. The van der Waals surface area contributed by atoms with Crippen molar-refractivity contribution in [2.75, 3.05) is 14.1 Å². The molecule has 0 aliphatic rings. The predicted octanol–water partition coefficient (Wildman–Crippen LogP) is 1.71. The van der Waals surface area contributed by atoms with Gasteiger partial charge in [-0.25, -0.2) is 0 Å². The summed E-state index contributed by atoms with van der Waals surface area (Å²) in [6.07, 6.45) is 1.37. The fraction of sp³-hybridized carbons (Fsp3) is 0.176. The molecule has 0 fully saturated rings. The van der Waals surface area contributed by atoms with Crippen LogP contribution in [-0.4, -0.2) is 41.2 Å². The number of benzene rings is 1. The molecule has 122 valence electrons. The maximum Gasteiger partial charge on any atom is 0.268 e. The van der Waals surface area contributed by atoms with E-state index >= 15 is 0 Å². The van der Waals surface area contributed by atoms with Gasteiger partial charge in [-0.1, -0.05) is 0 Å². The number of aromatic nitrogens is 1. The first-order chi connectivity index (χ1) is 11.3.